The normalized spacial score (nSPS) is 11.7. The lowest BCUT2D eigenvalue weighted by molar-refractivity contribution is 0.101. The first-order valence-corrected chi connectivity index (χ1v) is 7.72. The van der Waals surface area contributed by atoms with Crippen molar-refractivity contribution in [2.75, 3.05) is 0 Å². The van der Waals surface area contributed by atoms with Gasteiger partial charge in [-0.2, -0.15) is 0 Å². The maximum absolute atomic E-state index is 11.8. The van der Waals surface area contributed by atoms with Crippen LogP contribution in [-0.2, 0) is 0 Å². The highest BCUT2D eigenvalue weighted by Gasteiger charge is 2.10. The topological polar surface area (TPSA) is 29.4 Å². The van der Waals surface area contributed by atoms with Crippen molar-refractivity contribution < 1.29 is 4.79 Å². The second-order valence-corrected chi connectivity index (χ2v) is 5.75. The summed E-state index contributed by atoms with van der Waals surface area (Å²) >= 11 is 0. The molecule has 0 fully saturated rings. The molecule has 0 unspecified atom stereocenters. The van der Waals surface area contributed by atoms with Gasteiger partial charge in [-0.3, -0.25) is 9.79 Å². The number of hydrogen-bond donors (Lipinski definition) is 0. The molecule has 0 aliphatic carbocycles. The molecule has 0 radical (unpaired) electrons. The van der Waals surface area contributed by atoms with Gasteiger partial charge in [-0.25, -0.2) is 0 Å². The van der Waals surface area contributed by atoms with Crippen LogP contribution in [-0.4, -0.2) is 11.5 Å². The van der Waals surface area contributed by atoms with Crippen LogP contribution in [0, 0.1) is 6.92 Å². The third kappa shape index (κ3) is 2.93. The van der Waals surface area contributed by atoms with E-state index in [0.29, 0.717) is 5.56 Å². The average Bonchev–Trinajstić information content (AvgIpc) is 2.55. The van der Waals surface area contributed by atoms with Gasteiger partial charge in [0.25, 0.3) is 0 Å². The van der Waals surface area contributed by atoms with Gasteiger partial charge < -0.3 is 0 Å². The Bertz CT molecular complexity index is 917. The van der Waals surface area contributed by atoms with E-state index in [1.165, 1.54) is 10.9 Å². The molecule has 114 valence electrons. The molecule has 0 atom stereocenters. The van der Waals surface area contributed by atoms with Gasteiger partial charge in [-0.15, -0.1) is 0 Å². The van der Waals surface area contributed by atoms with Crippen molar-refractivity contribution in [2.24, 2.45) is 4.99 Å². The van der Waals surface area contributed by atoms with E-state index in [0.717, 1.165) is 22.3 Å². The fourth-order valence-corrected chi connectivity index (χ4v) is 2.95. The smallest absolute Gasteiger partial charge is 0.160 e. The maximum atomic E-state index is 11.8. The van der Waals surface area contributed by atoms with Gasteiger partial charge in [0.1, 0.15) is 0 Å². The van der Waals surface area contributed by atoms with Crippen LogP contribution in [0.2, 0.25) is 0 Å². The molecule has 0 amide bonds. The lowest BCUT2D eigenvalue weighted by atomic mass is 10.0. The summed E-state index contributed by atoms with van der Waals surface area (Å²) in [5.74, 6) is 0.0595. The van der Waals surface area contributed by atoms with E-state index in [2.05, 4.69) is 31.2 Å². The number of fused-ring (bicyclic) bond motifs is 1. The zero-order valence-electron chi connectivity index (χ0n) is 13.6. The molecule has 0 aliphatic heterocycles. The molecule has 3 rings (SSSR count). The molecule has 0 bridgehead atoms. The van der Waals surface area contributed by atoms with Crippen LogP contribution < -0.4 is 0 Å². The molecule has 0 N–H and O–H groups in total. The third-order valence-electron chi connectivity index (χ3n) is 4.08. The number of hydrogen-bond acceptors (Lipinski definition) is 2. The molecule has 2 heteroatoms. The van der Waals surface area contributed by atoms with Crippen LogP contribution in [0.4, 0.5) is 5.69 Å². The van der Waals surface area contributed by atoms with Crippen molar-refractivity contribution in [1.29, 1.82) is 0 Å². The molecule has 0 aromatic heterocycles. The van der Waals surface area contributed by atoms with E-state index >= 15 is 0 Å². The molecule has 2 nitrogen and oxygen atoms in total. The summed E-state index contributed by atoms with van der Waals surface area (Å²) in [5.41, 5.74) is 4.61. The summed E-state index contributed by atoms with van der Waals surface area (Å²) in [6.45, 7) is 5.65. The molecule has 0 spiro atoms. The van der Waals surface area contributed by atoms with E-state index < -0.39 is 0 Å². The Hall–Kier alpha value is -2.74. The van der Waals surface area contributed by atoms with Crippen LogP contribution >= 0.6 is 0 Å². The maximum Gasteiger partial charge on any atom is 0.160 e. The Morgan fingerprint density at radius 1 is 0.826 bits per heavy atom. The van der Waals surface area contributed by atoms with E-state index in [1.54, 1.807) is 6.92 Å². The Balaban J connectivity index is 2.18. The quantitative estimate of drug-likeness (QED) is 0.464. The Morgan fingerprint density at radius 2 is 1.48 bits per heavy atom. The van der Waals surface area contributed by atoms with E-state index in [9.17, 15) is 4.79 Å². The first-order chi connectivity index (χ1) is 11.1. The minimum absolute atomic E-state index is 0.0595. The van der Waals surface area contributed by atoms with Gasteiger partial charge in [0.2, 0.25) is 0 Å². The van der Waals surface area contributed by atoms with Crippen LogP contribution in [0.3, 0.4) is 0 Å². The molecule has 3 aromatic carbocycles. The number of rotatable bonds is 3. The Morgan fingerprint density at radius 3 is 2.17 bits per heavy atom. The highest BCUT2D eigenvalue weighted by atomic mass is 16.1. The van der Waals surface area contributed by atoms with Crippen LogP contribution in [0.15, 0.2) is 65.7 Å². The van der Waals surface area contributed by atoms with E-state index in [1.807, 2.05) is 43.3 Å². The standard InChI is InChI=1S/C21H19NO/c1-14-8-6-9-17-10-7-13-20(21(14)17)22-15(2)18-11-4-5-12-19(18)16(3)23/h4-13H,1-3H3. The Kier molecular flexibility index (Phi) is 4.07. The monoisotopic (exact) mass is 301 g/mol. The molecule has 0 saturated heterocycles. The number of nitrogens with zero attached hydrogens (tertiary/aromatic N) is 1. The summed E-state index contributed by atoms with van der Waals surface area (Å²) in [6.07, 6.45) is 0. The van der Waals surface area contributed by atoms with Gasteiger partial charge in [0.15, 0.2) is 5.78 Å². The zero-order chi connectivity index (χ0) is 16.4. The molecule has 0 saturated carbocycles. The summed E-state index contributed by atoms with van der Waals surface area (Å²) in [6, 6.07) is 20.0. The minimum atomic E-state index is 0.0595. The predicted molar refractivity (Wildman–Crippen MR) is 97.0 cm³/mol. The Labute approximate surface area is 136 Å². The van der Waals surface area contributed by atoms with Gasteiger partial charge in [-0.05, 0) is 37.8 Å². The molecular formula is C21H19NO. The lowest BCUT2D eigenvalue weighted by Gasteiger charge is -2.09. The van der Waals surface area contributed by atoms with Crippen LogP contribution in [0.25, 0.3) is 10.8 Å². The van der Waals surface area contributed by atoms with E-state index in [4.69, 9.17) is 4.99 Å². The SMILES string of the molecule is CC(=O)c1ccccc1C(C)=Nc1cccc2cccc(C)c12. The summed E-state index contributed by atoms with van der Waals surface area (Å²) < 4.78 is 0. The summed E-state index contributed by atoms with van der Waals surface area (Å²) in [4.78, 5) is 16.7. The van der Waals surface area contributed by atoms with Crippen molar-refractivity contribution in [1.82, 2.24) is 0 Å². The number of ketones is 1. The van der Waals surface area contributed by atoms with Gasteiger partial charge in [0, 0.05) is 22.2 Å². The lowest BCUT2D eigenvalue weighted by Crippen LogP contribution is -2.04. The molecule has 23 heavy (non-hydrogen) atoms. The predicted octanol–water partition coefficient (Wildman–Crippen LogP) is 5.49. The highest BCUT2D eigenvalue weighted by Crippen LogP contribution is 2.29. The first-order valence-electron chi connectivity index (χ1n) is 7.72. The van der Waals surface area contributed by atoms with Crippen molar-refractivity contribution in [2.45, 2.75) is 20.8 Å². The number of aliphatic imine (C=N–C) groups is 1. The van der Waals surface area contributed by atoms with Crippen LogP contribution in [0.1, 0.15) is 35.3 Å². The van der Waals surface area contributed by atoms with Gasteiger partial charge in [0.05, 0.1) is 5.69 Å². The highest BCUT2D eigenvalue weighted by molar-refractivity contribution is 6.11. The second kappa shape index (κ2) is 6.17. The van der Waals surface area contributed by atoms with Crippen molar-refractivity contribution in [3.05, 3.63) is 77.4 Å². The molecule has 0 aliphatic rings. The fraction of sp³-hybridized carbons (Fsp3) is 0.143. The average molecular weight is 301 g/mol. The molecule has 3 aromatic rings. The number of carbonyl (C=O) groups excluding carboxylic acids is 1. The minimum Gasteiger partial charge on any atom is -0.294 e. The fourth-order valence-electron chi connectivity index (χ4n) is 2.95. The van der Waals surface area contributed by atoms with Crippen molar-refractivity contribution in [3.8, 4) is 0 Å². The van der Waals surface area contributed by atoms with Crippen LogP contribution in [0.5, 0.6) is 0 Å². The van der Waals surface area contributed by atoms with Gasteiger partial charge in [-0.1, -0.05) is 54.6 Å². The number of aryl methyl sites for hydroxylation is 1. The van der Waals surface area contributed by atoms with Crippen molar-refractivity contribution >= 4 is 28.0 Å². The number of Topliss-reactive ketones (excluding diaryl/α,β-unsaturated/α-hetero) is 1. The second-order valence-electron chi connectivity index (χ2n) is 5.75. The molecular weight excluding hydrogens is 282 g/mol. The van der Waals surface area contributed by atoms with Gasteiger partial charge >= 0.3 is 0 Å². The van der Waals surface area contributed by atoms with E-state index in [-0.39, 0.29) is 5.78 Å². The van der Waals surface area contributed by atoms with Crippen molar-refractivity contribution in [3.63, 3.8) is 0 Å². The largest absolute Gasteiger partial charge is 0.294 e. The number of carbonyl (C=O) groups is 1. The summed E-state index contributed by atoms with van der Waals surface area (Å²) in [7, 11) is 0. The zero-order valence-corrected chi connectivity index (χ0v) is 13.6. The number of benzene rings is 3. The summed E-state index contributed by atoms with van der Waals surface area (Å²) in [5, 5.41) is 2.34. The molecule has 0 heterocycles. The first kappa shape index (κ1) is 15.2. The third-order valence-corrected chi connectivity index (χ3v) is 4.08.